The summed E-state index contributed by atoms with van der Waals surface area (Å²) in [4.78, 5) is 23.7. The molecule has 0 saturated heterocycles. The molecule has 0 atom stereocenters. The normalized spacial score (nSPS) is 10.0. The number of aromatic amines is 1. The van der Waals surface area contributed by atoms with E-state index < -0.39 is 0 Å². The van der Waals surface area contributed by atoms with Crippen molar-refractivity contribution in [1.82, 2.24) is 4.98 Å². The van der Waals surface area contributed by atoms with E-state index in [4.69, 9.17) is 0 Å². The summed E-state index contributed by atoms with van der Waals surface area (Å²) in [7, 11) is 1.37. The topological polar surface area (TPSA) is 68.4 Å². The number of benzene rings is 1. The van der Waals surface area contributed by atoms with Crippen molar-refractivity contribution in [1.29, 1.82) is 0 Å². The second-order valence-electron chi connectivity index (χ2n) is 5.86. The summed E-state index contributed by atoms with van der Waals surface area (Å²) >= 11 is 0. The summed E-state index contributed by atoms with van der Waals surface area (Å²) in [5.41, 5.74) is 2.56. The van der Waals surface area contributed by atoms with Crippen molar-refractivity contribution in [2.24, 2.45) is 0 Å². The van der Waals surface area contributed by atoms with Crippen LogP contribution in [0.2, 0.25) is 0 Å². The molecule has 0 radical (unpaired) electrons. The fourth-order valence-electron chi connectivity index (χ4n) is 1.88. The number of rotatable bonds is 4. The Bertz CT molecular complexity index is 659. The van der Waals surface area contributed by atoms with Gasteiger partial charge in [-0.25, -0.2) is 13.3 Å². The zero-order valence-corrected chi connectivity index (χ0v) is 14.9. The molecule has 2 aromatic rings. The van der Waals surface area contributed by atoms with E-state index in [1.807, 2.05) is 24.3 Å². The largest absolute Gasteiger partial charge is 1.00 e. The molecule has 5 nitrogen and oxygen atoms in total. The minimum Gasteiger partial charge on any atom is -0.649 e. The maximum absolute atomic E-state index is 11.0. The SMILES string of the molecule is CC(C)(C)O[C-]=O.[CH2-]c1[nH]c2ccccc2c1C[CH-]C(=O)OC.[Li+]. The first kappa shape index (κ1) is 22.0. The van der Waals surface area contributed by atoms with Crippen LogP contribution in [-0.4, -0.2) is 30.1 Å². The molecule has 0 fully saturated rings. The van der Waals surface area contributed by atoms with Gasteiger partial charge >= 0.3 is 18.9 Å². The van der Waals surface area contributed by atoms with Crippen LogP contribution in [-0.2, 0) is 25.5 Å². The standard InChI is InChI=1S/C13H13NO2.C5H9O2.Li/c1-9-10(7-8-13(15)16-2)11-5-3-4-6-12(11)14-9;1-5(2,3)7-4-6;/h3-6,8,14H,1,7H2,2H3;1-3H3;/q-2;-1;+1. The monoisotopic (exact) mass is 323 g/mol. The Kier molecular flexibility index (Phi) is 9.20. The number of carbonyl (C=O) groups excluding carboxylic acids is 2. The predicted octanol–water partition coefficient (Wildman–Crippen LogP) is 0.143. The van der Waals surface area contributed by atoms with E-state index >= 15 is 0 Å². The van der Waals surface area contributed by atoms with Gasteiger partial charge in [0.1, 0.15) is 0 Å². The third-order valence-corrected chi connectivity index (χ3v) is 2.92. The Morgan fingerprint density at radius 3 is 2.46 bits per heavy atom. The molecule has 1 N–H and O–H groups in total. The maximum Gasteiger partial charge on any atom is 1.00 e. The molecule has 6 heteroatoms. The molecule has 0 aliphatic rings. The number of methoxy groups -OCH3 is 1. The van der Waals surface area contributed by atoms with Gasteiger partial charge in [-0.15, -0.1) is 5.69 Å². The predicted molar refractivity (Wildman–Crippen MR) is 89.3 cm³/mol. The smallest absolute Gasteiger partial charge is 0.649 e. The molecule has 1 aromatic heterocycles. The van der Waals surface area contributed by atoms with E-state index in [2.05, 4.69) is 21.4 Å². The number of hydrogen-bond donors (Lipinski definition) is 1. The third-order valence-electron chi connectivity index (χ3n) is 2.92. The van der Waals surface area contributed by atoms with Gasteiger partial charge in [0.2, 0.25) is 0 Å². The fraction of sp³-hybridized carbons (Fsp3) is 0.333. The molecule has 2 rings (SSSR count). The van der Waals surface area contributed by atoms with Gasteiger partial charge in [0.25, 0.3) is 0 Å². The molecular formula is C18H22LiNO4-2. The number of esters is 1. The number of hydrogen-bond acceptors (Lipinski definition) is 4. The van der Waals surface area contributed by atoms with Crippen LogP contribution in [0.25, 0.3) is 10.9 Å². The van der Waals surface area contributed by atoms with Crippen LogP contribution in [0.3, 0.4) is 0 Å². The first-order valence-corrected chi connectivity index (χ1v) is 7.16. The summed E-state index contributed by atoms with van der Waals surface area (Å²) in [5.74, 6) is -0.315. The second-order valence-corrected chi connectivity index (χ2v) is 5.86. The molecule has 0 saturated carbocycles. The van der Waals surface area contributed by atoms with Crippen molar-refractivity contribution < 1.29 is 37.9 Å². The van der Waals surface area contributed by atoms with Crippen LogP contribution in [0.5, 0.6) is 0 Å². The van der Waals surface area contributed by atoms with E-state index in [1.165, 1.54) is 20.0 Å². The number of H-pyrrole nitrogens is 1. The van der Waals surface area contributed by atoms with Gasteiger partial charge in [-0.1, -0.05) is 30.1 Å². The summed E-state index contributed by atoms with van der Waals surface area (Å²) in [5, 5.41) is 1.10. The molecule has 0 bridgehead atoms. The summed E-state index contributed by atoms with van der Waals surface area (Å²) in [6, 6.07) is 7.94. The number of para-hydroxylation sites is 1. The molecule has 1 aromatic carbocycles. The number of carbonyl (C=O) groups is 1. The average molecular weight is 323 g/mol. The van der Waals surface area contributed by atoms with Gasteiger partial charge in [-0.2, -0.15) is 5.56 Å². The maximum atomic E-state index is 11.0. The molecule has 0 amide bonds. The summed E-state index contributed by atoms with van der Waals surface area (Å²) in [6.45, 7) is 10.7. The summed E-state index contributed by atoms with van der Waals surface area (Å²) < 4.78 is 9.00. The van der Waals surface area contributed by atoms with E-state index in [0.29, 0.717) is 6.42 Å². The molecule has 24 heavy (non-hydrogen) atoms. The van der Waals surface area contributed by atoms with E-state index in [-0.39, 0.29) is 30.4 Å². The van der Waals surface area contributed by atoms with Gasteiger partial charge in [-0.3, -0.25) is 11.2 Å². The van der Waals surface area contributed by atoms with Crippen molar-refractivity contribution in [3.05, 3.63) is 48.9 Å². The number of ether oxygens (including phenoxy) is 2. The second kappa shape index (κ2) is 10.0. The number of aromatic nitrogens is 1. The number of nitrogens with one attached hydrogen (secondary N) is 1. The number of fused-ring (bicyclic) bond motifs is 1. The van der Waals surface area contributed by atoms with E-state index in [9.17, 15) is 9.59 Å². The van der Waals surface area contributed by atoms with Crippen LogP contribution in [0, 0.1) is 13.3 Å². The van der Waals surface area contributed by atoms with Gasteiger partial charge in [0.05, 0.1) is 12.7 Å². The third kappa shape index (κ3) is 7.08. The quantitative estimate of drug-likeness (QED) is 0.494. The van der Waals surface area contributed by atoms with Crippen molar-refractivity contribution in [3.8, 4) is 0 Å². The Labute approximate surface area is 155 Å². The molecule has 0 unspecified atom stereocenters. The van der Waals surface area contributed by atoms with Crippen LogP contribution in [0.4, 0.5) is 0 Å². The molecule has 0 spiro atoms. The molecule has 1 heterocycles. The van der Waals surface area contributed by atoms with Crippen molar-refractivity contribution in [2.75, 3.05) is 7.11 Å². The first-order chi connectivity index (χ1) is 10.8. The van der Waals surface area contributed by atoms with Crippen LogP contribution in [0.15, 0.2) is 24.3 Å². The Hall–Kier alpha value is -1.96. The zero-order valence-electron chi connectivity index (χ0n) is 14.9. The van der Waals surface area contributed by atoms with Crippen LogP contribution < -0.4 is 18.9 Å². The zero-order chi connectivity index (χ0) is 17.5. The van der Waals surface area contributed by atoms with Gasteiger partial charge < -0.3 is 19.3 Å². The van der Waals surface area contributed by atoms with E-state index in [0.717, 1.165) is 22.2 Å². The Morgan fingerprint density at radius 2 is 1.96 bits per heavy atom. The summed E-state index contributed by atoms with van der Waals surface area (Å²) in [6.07, 6.45) is 2.06. The van der Waals surface area contributed by atoms with Crippen molar-refractivity contribution in [2.45, 2.75) is 32.8 Å². The van der Waals surface area contributed by atoms with Crippen LogP contribution >= 0.6 is 0 Å². The van der Waals surface area contributed by atoms with Crippen LogP contribution in [0.1, 0.15) is 32.0 Å². The van der Waals surface area contributed by atoms with Gasteiger partial charge in [-0.05, 0) is 26.8 Å². The molecule has 126 valence electrons. The van der Waals surface area contributed by atoms with E-state index in [1.54, 1.807) is 20.8 Å². The Balaban J connectivity index is 0.000000570. The minimum absolute atomic E-state index is 0. The van der Waals surface area contributed by atoms with Crippen molar-refractivity contribution in [3.63, 3.8) is 0 Å². The molecular weight excluding hydrogens is 301 g/mol. The first-order valence-electron chi connectivity index (χ1n) is 7.16. The average Bonchev–Trinajstić information content (AvgIpc) is 2.79. The minimum atomic E-state index is -0.373. The van der Waals surface area contributed by atoms with Gasteiger partial charge in [0.15, 0.2) is 5.97 Å². The molecule has 0 aliphatic heterocycles. The van der Waals surface area contributed by atoms with Gasteiger partial charge in [0, 0.05) is 5.52 Å². The molecule has 0 aliphatic carbocycles. The van der Waals surface area contributed by atoms with Crippen molar-refractivity contribution >= 4 is 23.3 Å². The Morgan fingerprint density at radius 1 is 1.33 bits per heavy atom. The fourth-order valence-corrected chi connectivity index (χ4v) is 1.88.